The predicted molar refractivity (Wildman–Crippen MR) is 123 cm³/mol. The molecule has 2 aromatic carbocycles. The van der Waals surface area contributed by atoms with Crippen LogP contribution in [0.15, 0.2) is 54.6 Å². The fourth-order valence-electron chi connectivity index (χ4n) is 5.16. The summed E-state index contributed by atoms with van der Waals surface area (Å²) in [7, 11) is 0. The van der Waals surface area contributed by atoms with Crippen LogP contribution in [0.3, 0.4) is 0 Å². The summed E-state index contributed by atoms with van der Waals surface area (Å²) in [4.78, 5) is 43.4. The van der Waals surface area contributed by atoms with Crippen molar-refractivity contribution < 1.29 is 19.1 Å². The molecule has 4 amide bonds. The molecular weight excluding hydrogens is 420 g/mol. The van der Waals surface area contributed by atoms with Crippen LogP contribution in [0, 0.1) is 12.8 Å². The number of rotatable bonds is 5. The van der Waals surface area contributed by atoms with Crippen LogP contribution >= 0.6 is 0 Å². The van der Waals surface area contributed by atoms with Crippen LogP contribution in [-0.4, -0.2) is 28.4 Å². The highest BCUT2D eigenvalue weighted by molar-refractivity contribution is 6.18. The van der Waals surface area contributed by atoms with Gasteiger partial charge in [0.25, 0.3) is 5.91 Å². The molecule has 2 atom stereocenters. The molecule has 168 valence electrons. The third-order valence-corrected chi connectivity index (χ3v) is 6.61. The van der Waals surface area contributed by atoms with Gasteiger partial charge in [-0.05, 0) is 62.6 Å². The molecule has 0 radical (unpaired) electrons. The number of ether oxygens (including phenoxy) is 1. The number of primary amides is 1. The maximum Gasteiger partial charge on any atom is 0.329 e. The van der Waals surface area contributed by atoms with E-state index in [1.54, 1.807) is 24.3 Å². The molecule has 8 nitrogen and oxygen atoms in total. The molecule has 1 saturated heterocycles. The smallest absolute Gasteiger partial charge is 0.329 e. The number of urea groups is 1. The fraction of sp³-hybridized carbons (Fsp3) is 0.280. The van der Waals surface area contributed by atoms with Gasteiger partial charge >= 0.3 is 6.03 Å². The number of hydrogen-bond donors (Lipinski definition) is 2. The molecule has 2 fully saturated rings. The first-order valence-electron chi connectivity index (χ1n) is 10.9. The lowest BCUT2D eigenvalue weighted by atomic mass is 9.84. The second-order valence-electron chi connectivity index (χ2n) is 8.59. The van der Waals surface area contributed by atoms with Crippen LogP contribution in [0.2, 0.25) is 0 Å². The number of imide groups is 1. The third kappa shape index (κ3) is 3.38. The van der Waals surface area contributed by atoms with E-state index in [0.29, 0.717) is 37.3 Å². The topological polar surface area (TPSA) is 115 Å². The van der Waals surface area contributed by atoms with E-state index >= 15 is 0 Å². The van der Waals surface area contributed by atoms with E-state index in [1.165, 1.54) is 4.90 Å². The van der Waals surface area contributed by atoms with Gasteiger partial charge in [-0.1, -0.05) is 18.2 Å². The van der Waals surface area contributed by atoms with Gasteiger partial charge in [0.1, 0.15) is 17.9 Å². The molecule has 1 spiro atoms. The second-order valence-corrected chi connectivity index (χ2v) is 8.59. The van der Waals surface area contributed by atoms with Gasteiger partial charge in [0.2, 0.25) is 5.91 Å². The lowest BCUT2D eigenvalue weighted by Crippen LogP contribution is -2.56. The number of amides is 4. The number of anilines is 1. The summed E-state index contributed by atoms with van der Waals surface area (Å²) >= 11 is 0. The molecule has 1 saturated carbocycles. The lowest BCUT2D eigenvalue weighted by molar-refractivity contribution is -0.131. The minimum atomic E-state index is -1.27. The molecule has 5 rings (SSSR count). The Balaban J connectivity index is 1.39. The van der Waals surface area contributed by atoms with Gasteiger partial charge in [-0.15, -0.1) is 0 Å². The van der Waals surface area contributed by atoms with Crippen molar-refractivity contribution in [2.45, 2.75) is 38.3 Å². The molecular formula is C25H24N4O4. The summed E-state index contributed by atoms with van der Waals surface area (Å²) < 4.78 is 6.01. The number of carbonyl (C=O) groups is 3. The number of aryl methyl sites for hydroxylation is 1. The molecule has 1 aromatic heterocycles. The van der Waals surface area contributed by atoms with Crippen molar-refractivity contribution in [1.29, 1.82) is 0 Å². The van der Waals surface area contributed by atoms with E-state index in [1.807, 2.05) is 37.3 Å². The average molecular weight is 444 g/mol. The number of pyridine rings is 1. The van der Waals surface area contributed by atoms with Crippen molar-refractivity contribution in [3.8, 4) is 5.75 Å². The van der Waals surface area contributed by atoms with Crippen LogP contribution in [0.25, 0.3) is 10.9 Å². The lowest BCUT2D eigenvalue weighted by Gasteiger charge is -2.35. The number of nitrogens with two attached hydrogens (primary N) is 1. The maximum atomic E-state index is 12.8. The Morgan fingerprint density at radius 2 is 1.97 bits per heavy atom. The molecule has 2 heterocycles. The Morgan fingerprint density at radius 3 is 2.73 bits per heavy atom. The molecule has 1 aliphatic heterocycles. The van der Waals surface area contributed by atoms with E-state index in [0.717, 1.165) is 22.2 Å². The number of fused-ring (bicyclic) bond motifs is 1. The highest BCUT2D eigenvalue weighted by Gasteiger charge is 2.61. The Bertz CT molecular complexity index is 1270. The molecule has 3 N–H and O–H groups in total. The number of hydrogen-bond acceptors (Lipinski definition) is 5. The average Bonchev–Trinajstić information content (AvgIpc) is 3.34. The van der Waals surface area contributed by atoms with Crippen molar-refractivity contribution in [1.82, 2.24) is 10.3 Å². The minimum absolute atomic E-state index is 0.361. The largest absolute Gasteiger partial charge is 0.489 e. The zero-order chi connectivity index (χ0) is 23.2. The van der Waals surface area contributed by atoms with E-state index < -0.39 is 29.3 Å². The monoisotopic (exact) mass is 444 g/mol. The second kappa shape index (κ2) is 7.88. The van der Waals surface area contributed by atoms with Crippen LogP contribution in [-0.2, 0) is 16.2 Å². The summed E-state index contributed by atoms with van der Waals surface area (Å²) in [5.41, 5.74) is 7.70. The molecule has 1 aliphatic carbocycles. The maximum absolute atomic E-state index is 12.8. The predicted octanol–water partition coefficient (Wildman–Crippen LogP) is 3.20. The van der Waals surface area contributed by atoms with Crippen molar-refractivity contribution in [3.05, 3.63) is 65.9 Å². The Labute approximate surface area is 190 Å². The Hall–Kier alpha value is -3.94. The van der Waals surface area contributed by atoms with Crippen molar-refractivity contribution in [3.63, 3.8) is 0 Å². The van der Waals surface area contributed by atoms with Gasteiger partial charge in [0.05, 0.1) is 11.4 Å². The van der Waals surface area contributed by atoms with Gasteiger partial charge in [-0.3, -0.25) is 24.8 Å². The summed E-state index contributed by atoms with van der Waals surface area (Å²) in [5.74, 6) is -1.13. The molecule has 3 aromatic rings. The zero-order valence-corrected chi connectivity index (χ0v) is 18.2. The van der Waals surface area contributed by atoms with Gasteiger partial charge in [-0.25, -0.2) is 4.79 Å². The fourth-order valence-corrected chi connectivity index (χ4v) is 5.16. The summed E-state index contributed by atoms with van der Waals surface area (Å²) in [6, 6.07) is 16.3. The summed E-state index contributed by atoms with van der Waals surface area (Å²) in [6.07, 6.45) is 1.52. The van der Waals surface area contributed by atoms with Crippen molar-refractivity contribution in [2.75, 3.05) is 4.90 Å². The molecule has 8 heteroatoms. The van der Waals surface area contributed by atoms with E-state index in [-0.39, 0.29) is 0 Å². The number of aromatic nitrogens is 1. The minimum Gasteiger partial charge on any atom is -0.489 e. The van der Waals surface area contributed by atoms with E-state index in [9.17, 15) is 14.4 Å². The molecule has 0 bridgehead atoms. The molecule has 2 unspecified atom stereocenters. The van der Waals surface area contributed by atoms with Gasteiger partial charge in [0, 0.05) is 22.3 Å². The third-order valence-electron chi connectivity index (χ3n) is 6.61. The number of carbonyl (C=O) groups excluding carboxylic acids is 3. The Morgan fingerprint density at radius 1 is 1.21 bits per heavy atom. The first-order chi connectivity index (χ1) is 15.9. The van der Waals surface area contributed by atoms with Crippen LogP contribution in [0.1, 0.15) is 30.5 Å². The number of nitrogens with zero attached hydrogens (tertiary/aromatic N) is 2. The van der Waals surface area contributed by atoms with E-state index in [4.69, 9.17) is 10.5 Å². The zero-order valence-electron chi connectivity index (χ0n) is 18.2. The van der Waals surface area contributed by atoms with Crippen LogP contribution < -0.4 is 20.7 Å². The first-order valence-corrected chi connectivity index (χ1v) is 10.9. The first kappa shape index (κ1) is 20.9. The van der Waals surface area contributed by atoms with Gasteiger partial charge < -0.3 is 10.5 Å². The van der Waals surface area contributed by atoms with Crippen molar-refractivity contribution in [2.24, 2.45) is 11.7 Å². The van der Waals surface area contributed by atoms with Gasteiger partial charge in [-0.2, -0.15) is 0 Å². The molecule has 33 heavy (non-hydrogen) atoms. The normalized spacial score (nSPS) is 22.2. The van der Waals surface area contributed by atoms with Crippen LogP contribution in [0.4, 0.5) is 10.5 Å². The van der Waals surface area contributed by atoms with E-state index in [2.05, 4.69) is 10.3 Å². The highest BCUT2D eigenvalue weighted by atomic mass is 16.5. The standard InChI is InChI=1S/C25H24N4O4/c1-15-13-16(19-5-2-3-7-21(19)27-15)14-33-18-10-8-17(9-11-18)29-24(32)28-23(31)25(29)12-4-6-20(25)22(26)30/h2-3,5,7-11,13,20H,4,6,12,14H2,1H3,(H2,26,30)(H,28,31,32). The van der Waals surface area contributed by atoms with Gasteiger partial charge in [0.15, 0.2) is 0 Å². The summed E-state index contributed by atoms with van der Waals surface area (Å²) in [6.45, 7) is 2.31. The Kier molecular flexibility index (Phi) is 5.00. The SMILES string of the molecule is Cc1cc(COc2ccc(N3C(=O)NC(=O)C34CCCC4C(N)=O)cc2)c2ccccc2n1. The number of benzene rings is 2. The molecule has 2 aliphatic rings. The van der Waals surface area contributed by atoms with Crippen molar-refractivity contribution >= 4 is 34.4 Å². The quantitative estimate of drug-likeness (QED) is 0.587. The number of para-hydroxylation sites is 1. The highest BCUT2D eigenvalue weighted by Crippen LogP contribution is 2.45. The van der Waals surface area contributed by atoms with Crippen LogP contribution in [0.5, 0.6) is 5.75 Å². The summed E-state index contributed by atoms with van der Waals surface area (Å²) in [5, 5.41) is 3.40. The number of nitrogens with one attached hydrogen (secondary N) is 1.